The van der Waals surface area contributed by atoms with Gasteiger partial charge in [-0.15, -0.1) is 0 Å². The number of hydrogen-bond donors (Lipinski definition) is 2. The predicted octanol–water partition coefficient (Wildman–Crippen LogP) is 3.32. The van der Waals surface area contributed by atoms with Gasteiger partial charge in [0.05, 0.1) is 18.8 Å². The number of carbonyl (C=O) groups is 1. The van der Waals surface area contributed by atoms with Gasteiger partial charge in [-0.05, 0) is 42.2 Å². The minimum absolute atomic E-state index is 0.103. The molecule has 1 aromatic carbocycles. The zero-order valence-electron chi connectivity index (χ0n) is 22.0. The van der Waals surface area contributed by atoms with Gasteiger partial charge < -0.3 is 14.7 Å². The maximum Gasteiger partial charge on any atom is 0.407 e. The molecule has 2 N–H and O–H groups in total. The molecule has 11 heteroatoms. The zero-order valence-corrected chi connectivity index (χ0v) is 22.8. The van der Waals surface area contributed by atoms with Crippen LogP contribution in [0, 0.1) is 5.41 Å². The van der Waals surface area contributed by atoms with Gasteiger partial charge in [-0.25, -0.2) is 18.2 Å². The Morgan fingerprint density at radius 2 is 1.76 bits per heavy atom. The van der Waals surface area contributed by atoms with E-state index in [0.717, 1.165) is 24.5 Å². The number of morpholine rings is 1. The van der Waals surface area contributed by atoms with Crippen LogP contribution in [0.3, 0.4) is 0 Å². The van der Waals surface area contributed by atoms with E-state index in [2.05, 4.69) is 40.3 Å². The fourth-order valence-electron chi connectivity index (χ4n) is 4.83. The third-order valence-electron chi connectivity index (χ3n) is 7.59. The predicted molar refractivity (Wildman–Crippen MR) is 142 cm³/mol. The topological polar surface area (TPSA) is 115 Å². The highest BCUT2D eigenvalue weighted by atomic mass is 32.2. The summed E-state index contributed by atoms with van der Waals surface area (Å²) in [4.78, 5) is 22.2. The van der Waals surface area contributed by atoms with Crippen LogP contribution < -0.4 is 9.62 Å². The SMILES string of the molecule is CC(C)(C)[C@@]1(C)CN(Cc2ccc(NS(=O)(=O)c3ccc(N4CCOCC4)nc3)cc2)CCN1C(=O)O. The molecule has 0 saturated carbocycles. The van der Waals surface area contributed by atoms with E-state index in [0.29, 0.717) is 45.1 Å². The van der Waals surface area contributed by atoms with E-state index in [1.54, 1.807) is 29.2 Å². The van der Waals surface area contributed by atoms with Crippen LogP contribution in [0.1, 0.15) is 33.3 Å². The number of nitrogens with zero attached hydrogens (tertiary/aromatic N) is 4. The van der Waals surface area contributed by atoms with Crippen molar-refractivity contribution in [1.82, 2.24) is 14.8 Å². The Labute approximate surface area is 219 Å². The van der Waals surface area contributed by atoms with Crippen LogP contribution in [0.4, 0.5) is 16.3 Å². The molecule has 202 valence electrons. The molecule has 2 aliphatic heterocycles. The summed E-state index contributed by atoms with van der Waals surface area (Å²) in [6.07, 6.45) is 0.490. The molecule has 0 aliphatic carbocycles. The van der Waals surface area contributed by atoms with Crippen molar-refractivity contribution in [2.45, 2.75) is 44.7 Å². The van der Waals surface area contributed by atoms with Gasteiger partial charge in [0.25, 0.3) is 10.0 Å². The van der Waals surface area contributed by atoms with E-state index in [-0.39, 0.29) is 10.3 Å². The monoisotopic (exact) mass is 531 g/mol. The van der Waals surface area contributed by atoms with Gasteiger partial charge in [0.1, 0.15) is 10.7 Å². The molecule has 2 fully saturated rings. The summed E-state index contributed by atoms with van der Waals surface area (Å²) in [7, 11) is -3.77. The second-order valence-electron chi connectivity index (χ2n) is 10.9. The second kappa shape index (κ2) is 10.5. The molecule has 1 aromatic heterocycles. The molecule has 4 rings (SSSR count). The number of sulfonamides is 1. The number of pyridine rings is 1. The first kappa shape index (κ1) is 27.2. The van der Waals surface area contributed by atoms with Crippen molar-refractivity contribution < 1.29 is 23.1 Å². The maximum atomic E-state index is 12.9. The Hall–Kier alpha value is -2.89. The molecule has 2 aliphatic rings. The highest BCUT2D eigenvalue weighted by Gasteiger charge is 2.48. The number of benzene rings is 1. The molecule has 37 heavy (non-hydrogen) atoms. The van der Waals surface area contributed by atoms with Crippen molar-refractivity contribution >= 4 is 27.6 Å². The van der Waals surface area contributed by atoms with Gasteiger partial charge in [-0.2, -0.15) is 0 Å². The van der Waals surface area contributed by atoms with Crippen LogP contribution in [0.5, 0.6) is 0 Å². The Bertz CT molecular complexity index is 1190. The summed E-state index contributed by atoms with van der Waals surface area (Å²) in [6.45, 7) is 13.3. The largest absolute Gasteiger partial charge is 0.465 e. The molecule has 0 unspecified atom stereocenters. The first-order valence-corrected chi connectivity index (χ1v) is 14.0. The van der Waals surface area contributed by atoms with Crippen molar-refractivity contribution in [1.29, 1.82) is 0 Å². The molecular weight excluding hydrogens is 494 g/mol. The van der Waals surface area contributed by atoms with E-state index in [1.807, 2.05) is 19.1 Å². The van der Waals surface area contributed by atoms with Crippen molar-refractivity contribution in [3.63, 3.8) is 0 Å². The van der Waals surface area contributed by atoms with Gasteiger partial charge in [0.15, 0.2) is 0 Å². The minimum Gasteiger partial charge on any atom is -0.465 e. The molecule has 2 saturated heterocycles. The Morgan fingerprint density at radius 1 is 1.08 bits per heavy atom. The third-order valence-corrected chi connectivity index (χ3v) is 8.96. The van der Waals surface area contributed by atoms with E-state index >= 15 is 0 Å². The average molecular weight is 532 g/mol. The van der Waals surface area contributed by atoms with Gasteiger partial charge in [-0.3, -0.25) is 14.5 Å². The summed E-state index contributed by atoms with van der Waals surface area (Å²) < 4.78 is 33.8. The summed E-state index contributed by atoms with van der Waals surface area (Å²) >= 11 is 0. The fourth-order valence-corrected chi connectivity index (χ4v) is 5.84. The molecule has 0 spiro atoms. The number of amides is 1. The van der Waals surface area contributed by atoms with Crippen molar-refractivity contribution in [2.24, 2.45) is 5.41 Å². The molecular formula is C26H37N5O5S. The fraction of sp³-hybridized carbons (Fsp3) is 0.538. The lowest BCUT2D eigenvalue weighted by Crippen LogP contribution is -2.67. The van der Waals surface area contributed by atoms with E-state index in [9.17, 15) is 18.3 Å². The molecule has 2 aromatic rings. The third kappa shape index (κ3) is 6.00. The second-order valence-corrected chi connectivity index (χ2v) is 12.6. The standard InChI is InChI=1S/C26H37N5O5S/c1-25(2,3)26(4)19-29(11-12-31(26)24(32)33)18-20-5-7-21(8-6-20)28-37(34,35)22-9-10-23(27-17-22)30-13-15-36-16-14-30/h5-10,17,28H,11-16,18-19H2,1-4H3,(H,32,33)/t26-/m1/s1. The lowest BCUT2D eigenvalue weighted by atomic mass is 9.72. The highest BCUT2D eigenvalue weighted by Crippen LogP contribution is 2.38. The maximum absolute atomic E-state index is 12.9. The number of carboxylic acid groups (broad SMARTS) is 1. The number of piperazine rings is 1. The van der Waals surface area contributed by atoms with Crippen LogP contribution in [0.15, 0.2) is 47.5 Å². The quantitative estimate of drug-likeness (QED) is 0.583. The number of hydrogen-bond acceptors (Lipinski definition) is 7. The molecule has 10 nitrogen and oxygen atoms in total. The zero-order chi connectivity index (χ0) is 26.8. The van der Waals surface area contributed by atoms with Crippen LogP contribution in [0.25, 0.3) is 0 Å². The summed E-state index contributed by atoms with van der Waals surface area (Å²) in [5, 5.41) is 9.73. The van der Waals surface area contributed by atoms with Crippen molar-refractivity contribution in [3.05, 3.63) is 48.2 Å². The average Bonchev–Trinajstić information content (AvgIpc) is 2.85. The Morgan fingerprint density at radius 3 is 2.32 bits per heavy atom. The minimum atomic E-state index is -3.77. The molecule has 0 bridgehead atoms. The molecule has 3 heterocycles. The summed E-state index contributed by atoms with van der Waals surface area (Å²) in [5.41, 5.74) is 0.732. The number of anilines is 2. The van der Waals surface area contributed by atoms with E-state index in [1.165, 1.54) is 6.20 Å². The molecule has 1 atom stereocenters. The van der Waals surface area contributed by atoms with E-state index < -0.39 is 21.7 Å². The van der Waals surface area contributed by atoms with Gasteiger partial charge in [0, 0.05) is 51.2 Å². The van der Waals surface area contributed by atoms with E-state index in [4.69, 9.17) is 4.74 Å². The number of nitrogens with one attached hydrogen (secondary N) is 1. The van der Waals surface area contributed by atoms with Gasteiger partial charge in [-0.1, -0.05) is 32.9 Å². The smallest absolute Gasteiger partial charge is 0.407 e. The van der Waals surface area contributed by atoms with Gasteiger partial charge in [0.2, 0.25) is 0 Å². The Balaban J connectivity index is 1.39. The highest BCUT2D eigenvalue weighted by molar-refractivity contribution is 7.92. The molecule has 0 radical (unpaired) electrons. The van der Waals surface area contributed by atoms with Crippen LogP contribution >= 0.6 is 0 Å². The lowest BCUT2D eigenvalue weighted by Gasteiger charge is -2.54. The first-order chi connectivity index (χ1) is 17.4. The Kier molecular flexibility index (Phi) is 7.68. The lowest BCUT2D eigenvalue weighted by molar-refractivity contribution is -0.0462. The number of ether oxygens (including phenoxy) is 1. The summed E-state index contributed by atoms with van der Waals surface area (Å²) in [6, 6.07) is 10.6. The van der Waals surface area contributed by atoms with Crippen LogP contribution in [-0.4, -0.2) is 85.9 Å². The van der Waals surface area contributed by atoms with Crippen molar-refractivity contribution in [3.8, 4) is 0 Å². The normalized spacial score (nSPS) is 21.6. The molecule has 1 amide bonds. The number of rotatable bonds is 6. The van der Waals surface area contributed by atoms with Crippen LogP contribution in [-0.2, 0) is 21.3 Å². The first-order valence-electron chi connectivity index (χ1n) is 12.5. The van der Waals surface area contributed by atoms with Crippen molar-refractivity contribution in [2.75, 3.05) is 55.6 Å². The van der Waals surface area contributed by atoms with Gasteiger partial charge >= 0.3 is 6.09 Å². The van der Waals surface area contributed by atoms with Crippen LogP contribution in [0.2, 0.25) is 0 Å². The summed E-state index contributed by atoms with van der Waals surface area (Å²) in [5.74, 6) is 0.735. The number of aromatic nitrogens is 1.